The second-order valence-electron chi connectivity index (χ2n) is 11.7. The lowest BCUT2D eigenvalue weighted by Gasteiger charge is -2.23. The van der Waals surface area contributed by atoms with Crippen molar-refractivity contribution in [3.63, 3.8) is 0 Å². The zero-order valence-corrected chi connectivity index (χ0v) is 23.3. The molecule has 0 fully saturated rings. The lowest BCUT2D eigenvalue weighted by molar-refractivity contribution is 0.594. The Kier molecular flexibility index (Phi) is 5.72. The van der Waals surface area contributed by atoms with Gasteiger partial charge in [-0.25, -0.2) is 4.98 Å². The van der Waals surface area contributed by atoms with Gasteiger partial charge >= 0.3 is 0 Å². The predicted octanol–water partition coefficient (Wildman–Crippen LogP) is 10.3. The highest BCUT2D eigenvalue weighted by atomic mass is 32.1. The van der Waals surface area contributed by atoms with Crippen molar-refractivity contribution >= 4 is 43.3 Å². The van der Waals surface area contributed by atoms with Gasteiger partial charge in [-0.05, 0) is 93.4 Å². The van der Waals surface area contributed by atoms with E-state index in [0.717, 1.165) is 23.2 Å². The van der Waals surface area contributed by atoms with Crippen molar-refractivity contribution in [3.8, 4) is 22.4 Å². The summed E-state index contributed by atoms with van der Waals surface area (Å²) in [6, 6.07) is 22.3. The Hall–Kier alpha value is -3.43. The van der Waals surface area contributed by atoms with Crippen molar-refractivity contribution in [1.82, 2.24) is 4.98 Å². The highest BCUT2D eigenvalue weighted by Crippen LogP contribution is 2.40. The molecule has 0 amide bonds. The van der Waals surface area contributed by atoms with E-state index in [1.807, 2.05) is 6.26 Å². The average molecular weight is 504 g/mol. The van der Waals surface area contributed by atoms with E-state index in [1.54, 1.807) is 11.3 Å². The molecule has 2 nitrogen and oxygen atoms in total. The molecule has 0 aliphatic rings. The molecule has 186 valence electrons. The van der Waals surface area contributed by atoms with Crippen LogP contribution >= 0.6 is 11.3 Å². The van der Waals surface area contributed by atoms with E-state index >= 15 is 0 Å². The number of hydrogen-bond donors (Lipinski definition) is 0. The van der Waals surface area contributed by atoms with E-state index in [0.29, 0.717) is 5.92 Å². The molecule has 0 N–H and O–H groups in total. The number of rotatable bonds is 4. The van der Waals surface area contributed by atoms with Crippen LogP contribution in [-0.4, -0.2) is 4.98 Å². The third kappa shape index (κ3) is 4.26. The average Bonchev–Trinajstić information content (AvgIpc) is 3.44. The first-order valence-electron chi connectivity index (χ1n) is 13.1. The molecule has 3 heterocycles. The highest BCUT2D eigenvalue weighted by Gasteiger charge is 2.20. The van der Waals surface area contributed by atoms with E-state index in [9.17, 15) is 0 Å². The van der Waals surface area contributed by atoms with Crippen LogP contribution < -0.4 is 0 Å². The highest BCUT2D eigenvalue weighted by molar-refractivity contribution is 7.18. The lowest BCUT2D eigenvalue weighted by Crippen LogP contribution is -2.12. The minimum absolute atomic E-state index is 0.0278. The third-order valence-electron chi connectivity index (χ3n) is 7.26. The summed E-state index contributed by atoms with van der Waals surface area (Å²) in [5.41, 5.74) is 10.6. The van der Waals surface area contributed by atoms with E-state index in [1.165, 1.54) is 54.2 Å². The molecule has 37 heavy (non-hydrogen) atoms. The monoisotopic (exact) mass is 503 g/mol. The SMILES string of the molecule is Cc1csc2c(-c3ccc4occ(CC(C)C)c4c3)cc(-c3cc(C(C)(C)C)c4ccccc4c3)nc12. The van der Waals surface area contributed by atoms with Crippen LogP contribution in [0.3, 0.4) is 0 Å². The standard InChI is InChI=1S/C34H33NOS/c1-20(2)13-25-18-36-31-12-11-23(15-27(25)31)28-17-30(35-32-21(3)19-37-33(28)32)24-14-22-9-7-8-10-26(22)29(16-24)34(4,5)6/h7-12,14-20H,13H2,1-6H3. The van der Waals surface area contributed by atoms with Crippen molar-refractivity contribution in [1.29, 1.82) is 0 Å². The number of aryl methyl sites for hydroxylation is 1. The number of furan rings is 1. The molecule has 0 spiro atoms. The summed E-state index contributed by atoms with van der Waals surface area (Å²) in [5, 5.41) is 6.02. The summed E-state index contributed by atoms with van der Waals surface area (Å²) < 4.78 is 7.14. The molecule has 0 aliphatic heterocycles. The van der Waals surface area contributed by atoms with Crippen LogP contribution in [0.2, 0.25) is 0 Å². The van der Waals surface area contributed by atoms with Gasteiger partial charge in [0.05, 0.1) is 22.2 Å². The van der Waals surface area contributed by atoms with Gasteiger partial charge in [-0.2, -0.15) is 0 Å². The van der Waals surface area contributed by atoms with Gasteiger partial charge in [0.25, 0.3) is 0 Å². The number of hydrogen-bond acceptors (Lipinski definition) is 3. The van der Waals surface area contributed by atoms with Gasteiger partial charge < -0.3 is 4.42 Å². The molecular weight excluding hydrogens is 470 g/mol. The largest absolute Gasteiger partial charge is 0.464 e. The summed E-state index contributed by atoms with van der Waals surface area (Å²) >= 11 is 1.79. The van der Waals surface area contributed by atoms with Gasteiger partial charge in [0.1, 0.15) is 5.58 Å². The van der Waals surface area contributed by atoms with E-state index in [2.05, 4.69) is 108 Å². The van der Waals surface area contributed by atoms with Gasteiger partial charge in [0.15, 0.2) is 0 Å². The molecule has 3 aromatic carbocycles. The van der Waals surface area contributed by atoms with Crippen LogP contribution in [0.1, 0.15) is 51.3 Å². The Morgan fingerprint density at radius 1 is 0.919 bits per heavy atom. The van der Waals surface area contributed by atoms with Crippen LogP contribution in [0.15, 0.2) is 76.7 Å². The van der Waals surface area contributed by atoms with Crippen LogP contribution in [0.25, 0.3) is 54.3 Å². The number of benzene rings is 3. The van der Waals surface area contributed by atoms with Crippen LogP contribution in [-0.2, 0) is 11.8 Å². The molecule has 6 aromatic rings. The second kappa shape index (κ2) is 8.85. The topological polar surface area (TPSA) is 26.0 Å². The van der Waals surface area contributed by atoms with E-state index in [4.69, 9.17) is 9.40 Å². The molecule has 3 aromatic heterocycles. The molecule has 0 saturated heterocycles. The fraction of sp³-hybridized carbons (Fsp3) is 0.265. The van der Waals surface area contributed by atoms with Crippen molar-refractivity contribution in [2.45, 2.75) is 53.4 Å². The normalized spacial score (nSPS) is 12.4. The number of pyridine rings is 1. The minimum Gasteiger partial charge on any atom is -0.464 e. The molecule has 3 heteroatoms. The first-order chi connectivity index (χ1) is 17.7. The number of fused-ring (bicyclic) bond motifs is 3. The Labute approximate surface area is 223 Å². The van der Waals surface area contributed by atoms with Crippen LogP contribution in [0, 0.1) is 12.8 Å². The molecule has 0 unspecified atom stereocenters. The van der Waals surface area contributed by atoms with Gasteiger partial charge in [-0.15, -0.1) is 11.3 Å². The maximum Gasteiger partial charge on any atom is 0.134 e. The lowest BCUT2D eigenvalue weighted by atomic mass is 9.82. The Morgan fingerprint density at radius 3 is 2.51 bits per heavy atom. The maximum atomic E-state index is 5.90. The van der Waals surface area contributed by atoms with Gasteiger partial charge in [0, 0.05) is 16.5 Å². The van der Waals surface area contributed by atoms with Crippen molar-refractivity contribution < 1.29 is 4.42 Å². The molecule has 0 saturated carbocycles. The minimum atomic E-state index is 0.0278. The van der Waals surface area contributed by atoms with E-state index < -0.39 is 0 Å². The summed E-state index contributed by atoms with van der Waals surface area (Å²) in [6.45, 7) is 13.5. The summed E-state index contributed by atoms with van der Waals surface area (Å²) in [4.78, 5) is 5.22. The third-order valence-corrected chi connectivity index (χ3v) is 8.38. The second-order valence-corrected chi connectivity index (χ2v) is 12.6. The number of thiophene rings is 1. The molecular formula is C34H33NOS. The van der Waals surface area contributed by atoms with Crippen molar-refractivity contribution in [3.05, 3.63) is 89.0 Å². The van der Waals surface area contributed by atoms with Crippen molar-refractivity contribution in [2.24, 2.45) is 5.92 Å². The fourth-order valence-corrected chi connectivity index (χ4v) is 6.44. The summed E-state index contributed by atoms with van der Waals surface area (Å²) in [5.74, 6) is 0.577. The zero-order valence-electron chi connectivity index (χ0n) is 22.5. The fourth-order valence-electron chi connectivity index (χ4n) is 5.41. The number of aromatic nitrogens is 1. The van der Waals surface area contributed by atoms with E-state index in [-0.39, 0.29) is 5.41 Å². The first-order valence-corrected chi connectivity index (χ1v) is 14.0. The predicted molar refractivity (Wildman–Crippen MR) is 160 cm³/mol. The molecule has 0 atom stereocenters. The first kappa shape index (κ1) is 23.9. The Bertz CT molecular complexity index is 1780. The van der Waals surface area contributed by atoms with Gasteiger partial charge in [-0.3, -0.25) is 0 Å². The molecule has 0 bridgehead atoms. The summed E-state index contributed by atoms with van der Waals surface area (Å²) in [6.07, 6.45) is 2.94. The van der Waals surface area contributed by atoms with Crippen LogP contribution in [0.5, 0.6) is 0 Å². The Morgan fingerprint density at radius 2 is 1.73 bits per heavy atom. The quantitative estimate of drug-likeness (QED) is 0.239. The molecule has 0 radical (unpaired) electrons. The zero-order chi connectivity index (χ0) is 25.9. The molecule has 0 aliphatic carbocycles. The van der Waals surface area contributed by atoms with Crippen LogP contribution in [0.4, 0.5) is 0 Å². The molecule has 6 rings (SSSR count). The van der Waals surface area contributed by atoms with Gasteiger partial charge in [0.2, 0.25) is 0 Å². The maximum absolute atomic E-state index is 5.90. The Balaban J connectivity index is 1.59. The van der Waals surface area contributed by atoms with Crippen molar-refractivity contribution in [2.75, 3.05) is 0 Å². The van der Waals surface area contributed by atoms with Gasteiger partial charge in [-0.1, -0.05) is 65.0 Å². The summed E-state index contributed by atoms with van der Waals surface area (Å²) in [7, 11) is 0. The number of nitrogens with zero attached hydrogens (tertiary/aromatic N) is 1. The smallest absolute Gasteiger partial charge is 0.134 e.